The summed E-state index contributed by atoms with van der Waals surface area (Å²) in [6, 6.07) is 6.32. The fraction of sp³-hybridized carbons (Fsp3) is 0.167. The summed E-state index contributed by atoms with van der Waals surface area (Å²) in [6.45, 7) is -0.858. The average molecular weight is 424 g/mol. The zero-order valence-electron chi connectivity index (χ0n) is 14.8. The number of benzene rings is 2. The first-order valence-electron chi connectivity index (χ1n) is 8.37. The second-order valence-electron chi connectivity index (χ2n) is 5.97. The third kappa shape index (κ3) is 4.62. The fourth-order valence-electron chi connectivity index (χ4n) is 2.59. The standard InChI is InChI=1S/C18H15F3N4O3S/c19-7-2-8-29(27,28)25-14-6-5-13(20)17(15(14)21)24-18(26)12-4-1-3-11-9-22-10-23-16(11)12/h1,3-6,9-10,25H,2,7-8H2,(H,24,26). The van der Waals surface area contributed by atoms with Gasteiger partial charge in [0.05, 0.1) is 29.2 Å². The van der Waals surface area contributed by atoms with Crippen molar-refractivity contribution in [3.8, 4) is 0 Å². The van der Waals surface area contributed by atoms with Gasteiger partial charge in [-0.1, -0.05) is 12.1 Å². The molecule has 0 saturated carbocycles. The van der Waals surface area contributed by atoms with Gasteiger partial charge in [0.1, 0.15) is 17.8 Å². The molecule has 29 heavy (non-hydrogen) atoms. The molecule has 1 aromatic heterocycles. The van der Waals surface area contributed by atoms with Crippen molar-refractivity contribution >= 4 is 38.2 Å². The molecule has 2 aromatic carbocycles. The molecule has 152 valence electrons. The van der Waals surface area contributed by atoms with E-state index in [1.807, 2.05) is 4.72 Å². The number of halogens is 3. The van der Waals surface area contributed by atoms with Crippen LogP contribution in [0.5, 0.6) is 0 Å². The van der Waals surface area contributed by atoms with E-state index in [9.17, 15) is 26.4 Å². The van der Waals surface area contributed by atoms with Crippen molar-refractivity contribution in [2.45, 2.75) is 6.42 Å². The topological polar surface area (TPSA) is 101 Å². The van der Waals surface area contributed by atoms with Gasteiger partial charge in [0.2, 0.25) is 10.0 Å². The van der Waals surface area contributed by atoms with E-state index in [1.54, 1.807) is 12.1 Å². The number of nitrogens with zero attached hydrogens (tertiary/aromatic N) is 2. The number of nitrogens with one attached hydrogen (secondary N) is 2. The van der Waals surface area contributed by atoms with Crippen LogP contribution < -0.4 is 10.0 Å². The molecule has 0 saturated heterocycles. The Bertz CT molecular complexity index is 1170. The van der Waals surface area contributed by atoms with Crippen LogP contribution in [0.1, 0.15) is 16.8 Å². The third-order valence-electron chi connectivity index (χ3n) is 3.92. The van der Waals surface area contributed by atoms with Crippen LogP contribution in [0.15, 0.2) is 42.9 Å². The number of fused-ring (bicyclic) bond motifs is 1. The van der Waals surface area contributed by atoms with E-state index in [-0.39, 0.29) is 17.5 Å². The number of aromatic nitrogens is 2. The summed E-state index contributed by atoms with van der Waals surface area (Å²) in [6.07, 6.45) is 2.44. The zero-order chi connectivity index (χ0) is 21.0. The van der Waals surface area contributed by atoms with E-state index in [0.717, 1.165) is 12.1 Å². The number of carbonyl (C=O) groups excluding carboxylic acids is 1. The van der Waals surface area contributed by atoms with Gasteiger partial charge in [-0.2, -0.15) is 0 Å². The van der Waals surface area contributed by atoms with Gasteiger partial charge in [0, 0.05) is 11.6 Å². The van der Waals surface area contributed by atoms with Gasteiger partial charge >= 0.3 is 0 Å². The smallest absolute Gasteiger partial charge is 0.258 e. The van der Waals surface area contributed by atoms with E-state index in [1.165, 1.54) is 18.6 Å². The Morgan fingerprint density at radius 2 is 1.93 bits per heavy atom. The van der Waals surface area contributed by atoms with Gasteiger partial charge in [-0.05, 0) is 24.6 Å². The van der Waals surface area contributed by atoms with Crippen molar-refractivity contribution in [3.05, 3.63) is 60.1 Å². The molecule has 3 aromatic rings. The Morgan fingerprint density at radius 1 is 1.14 bits per heavy atom. The van der Waals surface area contributed by atoms with Crippen LogP contribution >= 0.6 is 0 Å². The maximum atomic E-state index is 14.7. The lowest BCUT2D eigenvalue weighted by Crippen LogP contribution is -2.20. The summed E-state index contributed by atoms with van der Waals surface area (Å²) < 4.78 is 66.7. The molecule has 1 heterocycles. The highest BCUT2D eigenvalue weighted by Crippen LogP contribution is 2.28. The second-order valence-corrected chi connectivity index (χ2v) is 7.81. The molecule has 0 radical (unpaired) electrons. The van der Waals surface area contributed by atoms with Gasteiger partial charge in [0.15, 0.2) is 5.82 Å². The number of amides is 1. The molecule has 0 aliphatic rings. The Hall–Kier alpha value is -3.21. The highest BCUT2D eigenvalue weighted by molar-refractivity contribution is 7.92. The predicted octanol–water partition coefficient (Wildman–Crippen LogP) is 3.26. The number of carbonyl (C=O) groups is 1. The number of para-hydroxylation sites is 1. The molecule has 0 bridgehead atoms. The Kier molecular flexibility index (Phi) is 5.97. The van der Waals surface area contributed by atoms with Crippen molar-refractivity contribution in [1.29, 1.82) is 0 Å². The zero-order valence-corrected chi connectivity index (χ0v) is 15.6. The number of sulfonamides is 1. The lowest BCUT2D eigenvalue weighted by atomic mass is 10.1. The molecular weight excluding hydrogens is 409 g/mol. The lowest BCUT2D eigenvalue weighted by molar-refractivity contribution is 0.102. The number of rotatable bonds is 7. The van der Waals surface area contributed by atoms with Crippen molar-refractivity contribution < 1.29 is 26.4 Å². The normalized spacial score (nSPS) is 11.4. The van der Waals surface area contributed by atoms with Crippen LogP contribution in [0.2, 0.25) is 0 Å². The molecule has 2 N–H and O–H groups in total. The number of hydrogen-bond acceptors (Lipinski definition) is 5. The Morgan fingerprint density at radius 3 is 2.69 bits per heavy atom. The molecule has 7 nitrogen and oxygen atoms in total. The minimum atomic E-state index is -4.04. The first-order chi connectivity index (χ1) is 13.8. The van der Waals surface area contributed by atoms with Gasteiger partial charge in [-0.3, -0.25) is 13.9 Å². The van der Waals surface area contributed by atoms with E-state index in [4.69, 9.17) is 0 Å². The molecule has 0 spiro atoms. The average Bonchev–Trinajstić information content (AvgIpc) is 2.71. The highest BCUT2D eigenvalue weighted by atomic mass is 32.2. The van der Waals surface area contributed by atoms with Crippen molar-refractivity contribution in [2.75, 3.05) is 22.5 Å². The SMILES string of the molecule is O=C(Nc1c(F)ccc(NS(=O)(=O)CCCF)c1F)c1cccc2cncnc12. The largest absolute Gasteiger partial charge is 0.317 e. The van der Waals surface area contributed by atoms with E-state index < -0.39 is 51.4 Å². The Labute approximate surface area is 164 Å². The number of anilines is 2. The first kappa shape index (κ1) is 20.5. The maximum Gasteiger partial charge on any atom is 0.258 e. The maximum absolute atomic E-state index is 14.7. The summed E-state index contributed by atoms with van der Waals surface area (Å²) in [7, 11) is -4.04. The summed E-state index contributed by atoms with van der Waals surface area (Å²) in [5.74, 6) is -3.82. The molecule has 0 aliphatic carbocycles. The van der Waals surface area contributed by atoms with Crippen molar-refractivity contribution in [2.24, 2.45) is 0 Å². The third-order valence-corrected chi connectivity index (χ3v) is 5.28. The summed E-state index contributed by atoms with van der Waals surface area (Å²) in [5, 5.41) is 2.66. The first-order valence-corrected chi connectivity index (χ1v) is 10.0. The van der Waals surface area contributed by atoms with E-state index >= 15 is 0 Å². The lowest BCUT2D eigenvalue weighted by Gasteiger charge is -2.13. The number of hydrogen-bond donors (Lipinski definition) is 2. The predicted molar refractivity (Wildman–Crippen MR) is 102 cm³/mol. The molecule has 3 rings (SSSR count). The molecule has 0 fully saturated rings. The summed E-state index contributed by atoms with van der Waals surface area (Å²) >= 11 is 0. The number of alkyl halides is 1. The van der Waals surface area contributed by atoms with E-state index in [2.05, 4.69) is 15.3 Å². The van der Waals surface area contributed by atoms with Gasteiger partial charge < -0.3 is 5.32 Å². The minimum absolute atomic E-state index is 0.0534. The van der Waals surface area contributed by atoms with Gasteiger partial charge in [-0.15, -0.1) is 0 Å². The molecular formula is C18H15F3N4O3S. The van der Waals surface area contributed by atoms with Gasteiger partial charge in [0.25, 0.3) is 5.91 Å². The van der Waals surface area contributed by atoms with Crippen LogP contribution in [0.3, 0.4) is 0 Å². The van der Waals surface area contributed by atoms with Crippen LogP contribution in [0.25, 0.3) is 10.9 Å². The van der Waals surface area contributed by atoms with E-state index in [0.29, 0.717) is 5.39 Å². The van der Waals surface area contributed by atoms with Crippen LogP contribution in [-0.2, 0) is 10.0 Å². The van der Waals surface area contributed by atoms with Crippen molar-refractivity contribution in [3.63, 3.8) is 0 Å². The van der Waals surface area contributed by atoms with Crippen LogP contribution in [-0.4, -0.2) is 36.7 Å². The second kappa shape index (κ2) is 8.43. The van der Waals surface area contributed by atoms with Crippen molar-refractivity contribution in [1.82, 2.24) is 9.97 Å². The highest BCUT2D eigenvalue weighted by Gasteiger charge is 2.21. The Balaban J connectivity index is 1.92. The molecule has 1 amide bonds. The quantitative estimate of drug-likeness (QED) is 0.606. The summed E-state index contributed by atoms with van der Waals surface area (Å²) in [5.41, 5.74) is -1.06. The van der Waals surface area contributed by atoms with Gasteiger partial charge in [-0.25, -0.2) is 27.2 Å². The van der Waals surface area contributed by atoms with Crippen LogP contribution in [0, 0.1) is 11.6 Å². The molecule has 11 heteroatoms. The molecule has 0 aliphatic heterocycles. The fourth-order valence-corrected chi connectivity index (χ4v) is 3.67. The van der Waals surface area contributed by atoms with Crippen LogP contribution in [0.4, 0.5) is 24.5 Å². The summed E-state index contributed by atoms with van der Waals surface area (Å²) in [4.78, 5) is 20.4. The molecule has 0 atom stereocenters. The molecule has 0 unspecified atom stereocenters. The monoisotopic (exact) mass is 424 g/mol. The minimum Gasteiger partial charge on any atom is -0.317 e.